The second-order valence-electron chi connectivity index (χ2n) is 2.75. The van der Waals surface area contributed by atoms with Crippen LogP contribution in [0.15, 0.2) is 11.6 Å². The van der Waals surface area contributed by atoms with Crippen molar-refractivity contribution in [2.45, 2.75) is 32.6 Å². The minimum atomic E-state index is -0.391. The average Bonchev–Trinajstić information content (AvgIpc) is 2.16. The number of nitriles is 1. The van der Waals surface area contributed by atoms with Gasteiger partial charge >= 0.3 is 5.97 Å². The summed E-state index contributed by atoms with van der Waals surface area (Å²) in [5.41, 5.74) is 0.471. The molecule has 0 aromatic heterocycles. The Morgan fingerprint density at radius 2 is 2.23 bits per heavy atom. The van der Waals surface area contributed by atoms with Gasteiger partial charge in [0.15, 0.2) is 0 Å². The zero-order chi connectivity index (χ0) is 10.1. The molecular weight excluding hydrogens is 166 g/mol. The Morgan fingerprint density at radius 3 is 2.69 bits per heavy atom. The second-order valence-corrected chi connectivity index (χ2v) is 2.75. The van der Waals surface area contributed by atoms with Crippen molar-refractivity contribution in [3.8, 4) is 6.07 Å². The molecule has 0 aromatic carbocycles. The second kappa shape index (κ2) is 7.35. The van der Waals surface area contributed by atoms with Crippen LogP contribution < -0.4 is 0 Å². The minimum Gasteiger partial charge on any atom is -0.466 e. The van der Waals surface area contributed by atoms with Crippen molar-refractivity contribution >= 4 is 5.97 Å². The van der Waals surface area contributed by atoms with Gasteiger partial charge in [-0.2, -0.15) is 5.26 Å². The van der Waals surface area contributed by atoms with Gasteiger partial charge in [0.1, 0.15) is 0 Å². The molecule has 0 aliphatic heterocycles. The van der Waals surface area contributed by atoms with Crippen molar-refractivity contribution in [1.29, 1.82) is 5.26 Å². The Labute approximate surface area is 79.0 Å². The fourth-order valence-corrected chi connectivity index (χ4v) is 1.01. The van der Waals surface area contributed by atoms with Crippen LogP contribution in [-0.4, -0.2) is 13.1 Å². The topological polar surface area (TPSA) is 50.1 Å². The Morgan fingerprint density at radius 1 is 1.54 bits per heavy atom. The highest BCUT2D eigenvalue weighted by molar-refractivity contribution is 5.88. The summed E-state index contributed by atoms with van der Waals surface area (Å²) < 4.78 is 4.54. The van der Waals surface area contributed by atoms with Crippen LogP contribution in [0.3, 0.4) is 0 Å². The largest absolute Gasteiger partial charge is 0.466 e. The summed E-state index contributed by atoms with van der Waals surface area (Å²) >= 11 is 0. The van der Waals surface area contributed by atoms with Crippen LogP contribution in [0.5, 0.6) is 0 Å². The molecule has 0 fully saturated rings. The van der Waals surface area contributed by atoms with E-state index < -0.39 is 5.97 Å². The third-order valence-corrected chi connectivity index (χ3v) is 1.74. The quantitative estimate of drug-likeness (QED) is 0.283. The number of esters is 1. The molecule has 0 aromatic rings. The molecule has 0 saturated carbocycles. The highest BCUT2D eigenvalue weighted by Crippen LogP contribution is 2.09. The Hall–Kier alpha value is -1.30. The maximum Gasteiger partial charge on any atom is 0.334 e. The number of ether oxygens (including phenoxy) is 1. The summed E-state index contributed by atoms with van der Waals surface area (Å²) in [6, 6.07) is 1.85. The third kappa shape index (κ3) is 5.02. The van der Waals surface area contributed by atoms with Crippen LogP contribution in [0.25, 0.3) is 0 Å². The van der Waals surface area contributed by atoms with Crippen LogP contribution in [0, 0.1) is 11.3 Å². The molecule has 0 atom stereocenters. The van der Waals surface area contributed by atoms with E-state index in [1.165, 1.54) is 13.2 Å². The number of hydrogen-bond donors (Lipinski definition) is 0. The SMILES string of the molecule is CCCCC/C(=C/C#N)C(=O)OC. The first kappa shape index (κ1) is 11.7. The molecule has 0 bridgehead atoms. The van der Waals surface area contributed by atoms with E-state index in [1.807, 2.05) is 6.07 Å². The lowest BCUT2D eigenvalue weighted by Gasteiger charge is -2.02. The van der Waals surface area contributed by atoms with Gasteiger partial charge in [0.2, 0.25) is 0 Å². The van der Waals surface area contributed by atoms with Gasteiger partial charge in [-0.05, 0) is 12.8 Å². The lowest BCUT2D eigenvalue weighted by molar-refractivity contribution is -0.136. The Balaban J connectivity index is 4.06. The van der Waals surface area contributed by atoms with Gasteiger partial charge in [0.25, 0.3) is 0 Å². The molecule has 3 heteroatoms. The Kier molecular flexibility index (Phi) is 6.62. The average molecular weight is 181 g/mol. The van der Waals surface area contributed by atoms with Gasteiger partial charge in [0, 0.05) is 11.6 Å². The molecule has 0 amide bonds. The molecule has 0 rings (SSSR count). The van der Waals surface area contributed by atoms with Gasteiger partial charge in [-0.1, -0.05) is 19.8 Å². The van der Waals surface area contributed by atoms with Crippen molar-refractivity contribution < 1.29 is 9.53 Å². The van der Waals surface area contributed by atoms with Gasteiger partial charge < -0.3 is 4.74 Å². The molecule has 72 valence electrons. The first-order valence-corrected chi connectivity index (χ1v) is 4.43. The smallest absolute Gasteiger partial charge is 0.334 e. The lowest BCUT2D eigenvalue weighted by Crippen LogP contribution is -2.04. The number of carbonyl (C=O) groups excluding carboxylic acids is 1. The number of unbranched alkanes of at least 4 members (excludes halogenated alkanes) is 2. The maximum atomic E-state index is 11.1. The summed E-state index contributed by atoms with van der Waals surface area (Å²) in [5, 5.41) is 8.40. The van der Waals surface area contributed by atoms with Crippen LogP contribution in [0.1, 0.15) is 32.6 Å². The third-order valence-electron chi connectivity index (χ3n) is 1.74. The highest BCUT2D eigenvalue weighted by Gasteiger charge is 2.07. The zero-order valence-corrected chi connectivity index (χ0v) is 8.17. The van der Waals surface area contributed by atoms with Crippen LogP contribution >= 0.6 is 0 Å². The minimum absolute atomic E-state index is 0.391. The molecule has 0 aliphatic carbocycles. The van der Waals surface area contributed by atoms with Gasteiger partial charge in [-0.25, -0.2) is 4.79 Å². The summed E-state index contributed by atoms with van der Waals surface area (Å²) in [6.07, 6.45) is 5.00. The van der Waals surface area contributed by atoms with Crippen molar-refractivity contribution in [1.82, 2.24) is 0 Å². The lowest BCUT2D eigenvalue weighted by atomic mass is 10.1. The molecule has 0 aliphatic rings. The van der Waals surface area contributed by atoms with Crippen molar-refractivity contribution in [2.75, 3.05) is 7.11 Å². The fraction of sp³-hybridized carbons (Fsp3) is 0.600. The normalized spacial score (nSPS) is 10.7. The summed E-state index contributed by atoms with van der Waals surface area (Å²) in [5.74, 6) is -0.391. The molecule has 0 N–H and O–H groups in total. The first-order valence-electron chi connectivity index (χ1n) is 4.43. The van der Waals surface area contributed by atoms with E-state index in [0.29, 0.717) is 12.0 Å². The summed E-state index contributed by atoms with van der Waals surface area (Å²) in [7, 11) is 1.33. The molecular formula is C10H15NO2. The number of nitrogens with zero attached hydrogens (tertiary/aromatic N) is 1. The van der Waals surface area contributed by atoms with Crippen LogP contribution in [0.4, 0.5) is 0 Å². The summed E-state index contributed by atoms with van der Waals surface area (Å²) in [4.78, 5) is 11.1. The van der Waals surface area contributed by atoms with Crippen molar-refractivity contribution in [3.63, 3.8) is 0 Å². The number of methoxy groups -OCH3 is 1. The number of allylic oxidation sites excluding steroid dienone is 1. The van der Waals surface area contributed by atoms with E-state index >= 15 is 0 Å². The van der Waals surface area contributed by atoms with Gasteiger partial charge in [-0.3, -0.25) is 0 Å². The van der Waals surface area contributed by atoms with E-state index in [9.17, 15) is 4.79 Å². The molecule has 13 heavy (non-hydrogen) atoms. The molecule has 0 spiro atoms. The highest BCUT2D eigenvalue weighted by atomic mass is 16.5. The maximum absolute atomic E-state index is 11.1. The fourth-order valence-electron chi connectivity index (χ4n) is 1.01. The number of hydrogen-bond acceptors (Lipinski definition) is 3. The molecule has 0 heterocycles. The molecule has 0 unspecified atom stereocenters. The predicted octanol–water partition coefficient (Wildman–Crippen LogP) is 2.19. The Bertz CT molecular complexity index is 226. The van der Waals surface area contributed by atoms with E-state index in [-0.39, 0.29) is 0 Å². The number of rotatable bonds is 5. The predicted molar refractivity (Wildman–Crippen MR) is 49.9 cm³/mol. The number of carbonyl (C=O) groups is 1. The van der Waals surface area contributed by atoms with E-state index in [2.05, 4.69) is 11.7 Å². The monoisotopic (exact) mass is 181 g/mol. The van der Waals surface area contributed by atoms with E-state index in [0.717, 1.165) is 19.3 Å². The van der Waals surface area contributed by atoms with Gasteiger partial charge in [-0.15, -0.1) is 0 Å². The van der Waals surface area contributed by atoms with E-state index in [4.69, 9.17) is 5.26 Å². The first-order chi connectivity index (χ1) is 6.26. The molecule has 3 nitrogen and oxygen atoms in total. The van der Waals surface area contributed by atoms with E-state index in [1.54, 1.807) is 0 Å². The molecule has 0 saturated heterocycles. The van der Waals surface area contributed by atoms with Crippen molar-refractivity contribution in [2.24, 2.45) is 0 Å². The van der Waals surface area contributed by atoms with Gasteiger partial charge in [0.05, 0.1) is 13.2 Å². The zero-order valence-electron chi connectivity index (χ0n) is 8.17. The standard InChI is InChI=1S/C10H15NO2/c1-3-4-5-6-9(7-8-11)10(12)13-2/h7H,3-6H2,1-2H3/b9-7-. The van der Waals surface area contributed by atoms with Crippen LogP contribution in [0.2, 0.25) is 0 Å². The molecule has 0 radical (unpaired) electrons. The summed E-state index contributed by atoms with van der Waals surface area (Å²) in [6.45, 7) is 2.09. The van der Waals surface area contributed by atoms with Crippen molar-refractivity contribution in [3.05, 3.63) is 11.6 Å². The van der Waals surface area contributed by atoms with Crippen LogP contribution in [-0.2, 0) is 9.53 Å².